The summed E-state index contributed by atoms with van der Waals surface area (Å²) in [6, 6.07) is 58.0. The van der Waals surface area contributed by atoms with E-state index < -0.39 is 0 Å². The van der Waals surface area contributed by atoms with Gasteiger partial charge in [-0.15, -0.1) is 0 Å². The molecule has 0 heterocycles. The van der Waals surface area contributed by atoms with Gasteiger partial charge in [-0.1, -0.05) is 214 Å². The average Bonchev–Trinajstić information content (AvgIpc) is 3.26. The molecule has 0 amide bonds. The second-order valence-corrected chi connectivity index (χ2v) is 14.5. The molecule has 0 aliphatic carbocycles. The van der Waals surface area contributed by atoms with Crippen molar-refractivity contribution in [1.82, 2.24) is 0 Å². The Balaban J connectivity index is 1.29. The van der Waals surface area contributed by atoms with Crippen LogP contribution in [0.25, 0.3) is 33.4 Å². The van der Waals surface area contributed by atoms with Gasteiger partial charge in [0.1, 0.15) is 0 Å². The third-order valence-corrected chi connectivity index (χ3v) is 9.95. The van der Waals surface area contributed by atoms with E-state index in [1.165, 1.54) is 44.5 Å². The number of hydrogen-bond acceptors (Lipinski definition) is 1. The molecule has 0 aromatic heterocycles. The highest BCUT2D eigenvalue weighted by molar-refractivity contribution is 5.76. The number of nitrogens with zero attached hydrogens (tertiary/aromatic N) is 1. The summed E-state index contributed by atoms with van der Waals surface area (Å²) in [5.41, 5.74) is 14.8. The summed E-state index contributed by atoms with van der Waals surface area (Å²) >= 11 is 0. The van der Waals surface area contributed by atoms with Crippen molar-refractivity contribution in [1.29, 1.82) is 0 Å². The van der Waals surface area contributed by atoms with Crippen LogP contribution in [0.5, 0.6) is 0 Å². The smallest absolute Gasteiger partial charge is 0.0461 e. The van der Waals surface area contributed by atoms with Crippen molar-refractivity contribution in [2.24, 2.45) is 0 Å². The van der Waals surface area contributed by atoms with Gasteiger partial charge in [0, 0.05) is 23.0 Å². The SMILES string of the molecule is C=C/C=C(\C=C/C(=C)N(c1ccc(-c2ccccc2)cc1)c1ccc(-c2ccccc2)cc1)C(/C=C(C)C)=C/C=CC(CCC)c1ccc(-c2ccccc2)cc1. The molecule has 1 atom stereocenters. The predicted octanol–water partition coefficient (Wildman–Crippen LogP) is 16.0. The Labute approximate surface area is 341 Å². The van der Waals surface area contributed by atoms with E-state index in [0.29, 0.717) is 5.92 Å². The summed E-state index contributed by atoms with van der Waals surface area (Å²) in [5, 5.41) is 0. The molecular weight excluding hydrogens is 687 g/mol. The lowest BCUT2D eigenvalue weighted by atomic mass is 9.92. The van der Waals surface area contributed by atoms with Crippen molar-refractivity contribution in [2.45, 2.75) is 39.5 Å². The minimum absolute atomic E-state index is 0.321. The van der Waals surface area contributed by atoms with Crippen LogP contribution in [-0.2, 0) is 0 Å². The largest absolute Gasteiger partial charge is 0.311 e. The number of hydrogen-bond donors (Lipinski definition) is 0. The number of benzene rings is 6. The van der Waals surface area contributed by atoms with E-state index in [4.69, 9.17) is 0 Å². The quantitative estimate of drug-likeness (QED) is 0.0894. The fourth-order valence-electron chi connectivity index (χ4n) is 7.05. The summed E-state index contributed by atoms with van der Waals surface area (Å²) < 4.78 is 0. The molecule has 0 saturated carbocycles. The van der Waals surface area contributed by atoms with Gasteiger partial charge in [-0.2, -0.15) is 0 Å². The maximum Gasteiger partial charge on any atom is 0.0461 e. The van der Waals surface area contributed by atoms with Gasteiger partial charge in [-0.25, -0.2) is 0 Å². The standard InChI is InChI=1S/C56H53N/c1-6-18-45(50-30-32-51(33-31-50)47-20-11-8-12-21-47)26-17-27-54(42-43(3)4)46(19-7-2)29-28-44(5)57(55-38-34-52(35-39-55)48-22-13-9-14-23-48)56-40-36-53(37-41-56)49-24-15-10-16-25-49/h7-17,19-42,45H,2,5-6,18H2,1,3-4H3/b26-17?,29-28-,46-19+,54-27+. The first-order chi connectivity index (χ1) is 27.9. The van der Waals surface area contributed by atoms with Gasteiger partial charge in [0.05, 0.1) is 0 Å². The minimum atomic E-state index is 0.321. The van der Waals surface area contributed by atoms with Crippen molar-refractivity contribution in [3.63, 3.8) is 0 Å². The van der Waals surface area contributed by atoms with E-state index in [1.807, 2.05) is 18.2 Å². The molecule has 0 aliphatic heterocycles. The van der Waals surface area contributed by atoms with Gasteiger partial charge in [-0.05, 0) is 101 Å². The van der Waals surface area contributed by atoms with Crippen LogP contribution in [0.15, 0.2) is 248 Å². The van der Waals surface area contributed by atoms with Crippen molar-refractivity contribution in [3.05, 3.63) is 254 Å². The Morgan fingerprint density at radius 2 is 0.982 bits per heavy atom. The summed E-state index contributed by atoms with van der Waals surface area (Å²) in [4.78, 5) is 2.22. The first-order valence-electron chi connectivity index (χ1n) is 19.9. The lowest BCUT2D eigenvalue weighted by Crippen LogP contribution is -2.14. The Hall–Kier alpha value is -6.70. The normalized spacial score (nSPS) is 12.4. The Morgan fingerprint density at radius 3 is 1.40 bits per heavy atom. The van der Waals surface area contributed by atoms with Gasteiger partial charge >= 0.3 is 0 Å². The second kappa shape index (κ2) is 20.3. The summed E-state index contributed by atoms with van der Waals surface area (Å²) in [6.07, 6.45) is 19.4. The van der Waals surface area contributed by atoms with Gasteiger partial charge in [0.2, 0.25) is 0 Å². The molecule has 6 rings (SSSR count). The van der Waals surface area contributed by atoms with Crippen molar-refractivity contribution in [2.75, 3.05) is 4.90 Å². The molecule has 0 bridgehead atoms. The highest BCUT2D eigenvalue weighted by Gasteiger charge is 2.14. The minimum Gasteiger partial charge on any atom is -0.311 e. The summed E-state index contributed by atoms with van der Waals surface area (Å²) in [7, 11) is 0. The van der Waals surface area contributed by atoms with Crippen LogP contribution in [0.3, 0.4) is 0 Å². The average molecular weight is 740 g/mol. The third-order valence-electron chi connectivity index (χ3n) is 9.95. The lowest BCUT2D eigenvalue weighted by Gasteiger charge is -2.26. The molecule has 0 fully saturated rings. The molecule has 0 spiro atoms. The number of rotatable bonds is 16. The van der Waals surface area contributed by atoms with Gasteiger partial charge in [-0.3, -0.25) is 0 Å². The van der Waals surface area contributed by atoms with Gasteiger partial charge in [0.25, 0.3) is 0 Å². The highest BCUT2D eigenvalue weighted by Crippen LogP contribution is 2.34. The van der Waals surface area contributed by atoms with Crippen molar-refractivity contribution >= 4 is 11.4 Å². The third kappa shape index (κ3) is 11.0. The molecule has 0 aliphatic rings. The van der Waals surface area contributed by atoms with Crippen LogP contribution >= 0.6 is 0 Å². The van der Waals surface area contributed by atoms with E-state index >= 15 is 0 Å². The molecule has 0 N–H and O–H groups in total. The maximum absolute atomic E-state index is 4.62. The number of allylic oxidation sites excluding steroid dienone is 11. The molecule has 0 saturated heterocycles. The van der Waals surface area contributed by atoms with Crippen LogP contribution in [0, 0.1) is 0 Å². The van der Waals surface area contributed by atoms with Crippen LogP contribution in [0.2, 0.25) is 0 Å². The zero-order valence-corrected chi connectivity index (χ0v) is 33.6. The summed E-state index contributed by atoms with van der Waals surface area (Å²) in [5.74, 6) is 0.321. The molecule has 1 nitrogen and oxygen atoms in total. The molecule has 282 valence electrons. The molecule has 6 aromatic rings. The van der Waals surface area contributed by atoms with E-state index in [9.17, 15) is 0 Å². The topological polar surface area (TPSA) is 3.24 Å². The molecule has 1 heteroatoms. The van der Waals surface area contributed by atoms with Crippen LogP contribution < -0.4 is 4.90 Å². The fraction of sp³-hybridized carbons (Fsp3) is 0.107. The second-order valence-electron chi connectivity index (χ2n) is 14.5. The first kappa shape index (κ1) is 40.0. The zero-order valence-electron chi connectivity index (χ0n) is 33.6. The van der Waals surface area contributed by atoms with Gasteiger partial charge < -0.3 is 4.90 Å². The Morgan fingerprint density at radius 1 is 0.544 bits per heavy atom. The lowest BCUT2D eigenvalue weighted by molar-refractivity contribution is 0.717. The maximum atomic E-state index is 4.62. The monoisotopic (exact) mass is 739 g/mol. The van der Waals surface area contributed by atoms with Crippen LogP contribution in [-0.4, -0.2) is 0 Å². The van der Waals surface area contributed by atoms with Crippen LogP contribution in [0.4, 0.5) is 11.4 Å². The molecule has 0 radical (unpaired) electrons. The molecule has 57 heavy (non-hydrogen) atoms. The van der Waals surface area contributed by atoms with Crippen LogP contribution in [0.1, 0.15) is 45.1 Å². The van der Waals surface area contributed by atoms with Crippen molar-refractivity contribution in [3.8, 4) is 33.4 Å². The molecular formula is C56H53N. The summed E-state index contributed by atoms with van der Waals surface area (Å²) in [6.45, 7) is 15.2. The zero-order chi connectivity index (χ0) is 39.8. The van der Waals surface area contributed by atoms with E-state index in [1.54, 1.807) is 0 Å². The van der Waals surface area contributed by atoms with E-state index in [-0.39, 0.29) is 0 Å². The predicted molar refractivity (Wildman–Crippen MR) is 249 cm³/mol. The first-order valence-corrected chi connectivity index (χ1v) is 19.9. The van der Waals surface area contributed by atoms with Gasteiger partial charge in [0.15, 0.2) is 0 Å². The highest BCUT2D eigenvalue weighted by atomic mass is 15.1. The van der Waals surface area contributed by atoms with Crippen molar-refractivity contribution < 1.29 is 0 Å². The Kier molecular flexibility index (Phi) is 14.2. The fourth-order valence-corrected chi connectivity index (χ4v) is 7.05. The van der Waals surface area contributed by atoms with E-state index in [0.717, 1.165) is 41.1 Å². The van der Waals surface area contributed by atoms with E-state index in [2.05, 4.69) is 233 Å². The number of anilines is 2. The molecule has 6 aromatic carbocycles. The Bertz CT molecular complexity index is 2270. The molecule has 1 unspecified atom stereocenters.